The summed E-state index contributed by atoms with van der Waals surface area (Å²) >= 11 is 0. The molecule has 0 bridgehead atoms. The number of likely N-dealkylation sites (tertiary alicyclic amines) is 1. The van der Waals surface area contributed by atoms with Gasteiger partial charge in [0, 0.05) is 70.6 Å². The Bertz CT molecular complexity index is 906. The van der Waals surface area contributed by atoms with Gasteiger partial charge in [-0.15, -0.1) is 24.8 Å². The van der Waals surface area contributed by atoms with Crippen molar-refractivity contribution in [3.8, 4) is 0 Å². The van der Waals surface area contributed by atoms with Gasteiger partial charge >= 0.3 is 0 Å². The molecule has 1 aromatic heterocycles. The zero-order chi connectivity index (χ0) is 27.0. The standard InChI is InChI=1S/C28H48N6O3.2ClH/c1-20(2)19-34(22-15-21(16-29-17-22)25(35)33-12-8-7-9-13-33)26(36)23-18-31-27(28(3,4)5)32-24(23)30-11-10-14-37-6;;/h18,20-22,29H,7-17,19H2,1-6H3,(H,30,31,32);2*1H/t21-,22+;;/m1../s1. The number of hydrogen-bond donors (Lipinski definition) is 2. The number of piperidine rings is 2. The lowest BCUT2D eigenvalue weighted by Gasteiger charge is -2.40. The van der Waals surface area contributed by atoms with Gasteiger partial charge in [0.05, 0.1) is 5.92 Å². The van der Waals surface area contributed by atoms with Gasteiger partial charge in [0.15, 0.2) is 0 Å². The smallest absolute Gasteiger partial charge is 0.259 e. The van der Waals surface area contributed by atoms with E-state index < -0.39 is 0 Å². The van der Waals surface area contributed by atoms with Gasteiger partial charge in [-0.3, -0.25) is 9.59 Å². The second kappa shape index (κ2) is 16.6. The van der Waals surface area contributed by atoms with Crippen molar-refractivity contribution in [1.29, 1.82) is 0 Å². The number of methoxy groups -OCH3 is 1. The van der Waals surface area contributed by atoms with Gasteiger partial charge in [0.2, 0.25) is 5.91 Å². The van der Waals surface area contributed by atoms with E-state index >= 15 is 0 Å². The summed E-state index contributed by atoms with van der Waals surface area (Å²) in [6.07, 6.45) is 6.52. The molecule has 224 valence electrons. The highest BCUT2D eigenvalue weighted by Crippen LogP contribution is 2.26. The molecule has 2 atom stereocenters. The molecule has 2 aliphatic heterocycles. The first-order valence-corrected chi connectivity index (χ1v) is 14.0. The molecule has 3 heterocycles. The molecule has 3 rings (SSSR count). The summed E-state index contributed by atoms with van der Waals surface area (Å²) in [6.45, 7) is 15.4. The third-order valence-corrected chi connectivity index (χ3v) is 7.12. The first kappa shape index (κ1) is 35.3. The highest BCUT2D eigenvalue weighted by molar-refractivity contribution is 5.98. The van der Waals surface area contributed by atoms with E-state index in [1.54, 1.807) is 13.3 Å². The van der Waals surface area contributed by atoms with Gasteiger partial charge in [-0.2, -0.15) is 0 Å². The topological polar surface area (TPSA) is 99.7 Å². The summed E-state index contributed by atoms with van der Waals surface area (Å²) in [5.41, 5.74) is 0.243. The molecule has 0 aromatic carbocycles. The van der Waals surface area contributed by atoms with E-state index in [0.717, 1.165) is 32.4 Å². The Morgan fingerprint density at radius 3 is 2.49 bits per heavy atom. The Balaban J connectivity index is 0.00000380. The Labute approximate surface area is 247 Å². The lowest BCUT2D eigenvalue weighted by Crippen LogP contribution is -2.55. The SMILES string of the molecule is COCCCNc1nc(C(C)(C)C)ncc1C(=O)N(CC(C)C)[C@@H]1CNC[C@H](C(=O)N2CCCCC2)C1.Cl.Cl. The summed E-state index contributed by atoms with van der Waals surface area (Å²) in [6, 6.07) is -0.0639. The average molecular weight is 590 g/mol. The second-order valence-electron chi connectivity index (χ2n) is 12.0. The number of amides is 2. The average Bonchev–Trinajstić information content (AvgIpc) is 2.89. The number of rotatable bonds is 10. The van der Waals surface area contributed by atoms with E-state index in [9.17, 15) is 9.59 Å². The molecule has 0 saturated carbocycles. The Hall–Kier alpha value is -1.68. The molecule has 9 nitrogen and oxygen atoms in total. The summed E-state index contributed by atoms with van der Waals surface area (Å²) < 4.78 is 5.18. The molecular weight excluding hydrogens is 539 g/mol. The number of nitrogens with one attached hydrogen (secondary N) is 2. The van der Waals surface area contributed by atoms with E-state index in [2.05, 4.69) is 50.2 Å². The summed E-state index contributed by atoms with van der Waals surface area (Å²) in [5.74, 6) is 1.59. The van der Waals surface area contributed by atoms with Crippen LogP contribution in [0.15, 0.2) is 6.20 Å². The number of carbonyl (C=O) groups is 2. The maximum Gasteiger partial charge on any atom is 0.259 e. The van der Waals surface area contributed by atoms with E-state index in [-0.39, 0.29) is 59.9 Å². The van der Waals surface area contributed by atoms with Gasteiger partial charge < -0.3 is 25.2 Å². The van der Waals surface area contributed by atoms with Crippen LogP contribution in [0.3, 0.4) is 0 Å². The van der Waals surface area contributed by atoms with Crippen LogP contribution < -0.4 is 10.6 Å². The maximum absolute atomic E-state index is 14.1. The molecule has 39 heavy (non-hydrogen) atoms. The molecule has 0 spiro atoms. The first-order chi connectivity index (χ1) is 17.6. The van der Waals surface area contributed by atoms with E-state index in [1.165, 1.54) is 6.42 Å². The predicted molar refractivity (Wildman–Crippen MR) is 161 cm³/mol. The van der Waals surface area contributed by atoms with Crippen LogP contribution in [0.5, 0.6) is 0 Å². The van der Waals surface area contributed by atoms with Gasteiger partial charge in [0.1, 0.15) is 17.2 Å². The Kier molecular flexibility index (Phi) is 15.0. The van der Waals surface area contributed by atoms with Crippen molar-refractivity contribution >= 4 is 42.4 Å². The number of nitrogens with zero attached hydrogens (tertiary/aromatic N) is 4. The number of halogens is 2. The van der Waals surface area contributed by atoms with Crippen molar-refractivity contribution in [3.05, 3.63) is 17.6 Å². The van der Waals surface area contributed by atoms with Crippen molar-refractivity contribution in [3.63, 3.8) is 0 Å². The molecule has 2 saturated heterocycles. The summed E-state index contributed by atoms with van der Waals surface area (Å²) in [4.78, 5) is 40.7. The molecule has 0 aliphatic carbocycles. The molecule has 0 unspecified atom stereocenters. The maximum atomic E-state index is 14.1. The van der Waals surface area contributed by atoms with Crippen molar-refractivity contribution in [2.75, 3.05) is 58.3 Å². The van der Waals surface area contributed by atoms with Crippen LogP contribution in [0.4, 0.5) is 5.82 Å². The van der Waals surface area contributed by atoms with Crippen LogP contribution in [0, 0.1) is 11.8 Å². The molecular formula is C28H50Cl2N6O3. The number of anilines is 1. The zero-order valence-electron chi connectivity index (χ0n) is 24.6. The molecule has 2 N–H and O–H groups in total. The molecule has 2 aliphatic rings. The van der Waals surface area contributed by atoms with Crippen LogP contribution in [0.2, 0.25) is 0 Å². The van der Waals surface area contributed by atoms with Crippen molar-refractivity contribution < 1.29 is 14.3 Å². The summed E-state index contributed by atoms with van der Waals surface area (Å²) in [7, 11) is 1.68. The third kappa shape index (κ3) is 10.0. The third-order valence-electron chi connectivity index (χ3n) is 7.12. The first-order valence-electron chi connectivity index (χ1n) is 14.0. The molecule has 1 aromatic rings. The highest BCUT2D eigenvalue weighted by atomic mass is 35.5. The number of carbonyl (C=O) groups excluding carboxylic acids is 2. The van der Waals surface area contributed by atoms with E-state index in [1.807, 2.05) is 9.80 Å². The van der Waals surface area contributed by atoms with Gasteiger partial charge in [-0.25, -0.2) is 9.97 Å². The highest BCUT2D eigenvalue weighted by Gasteiger charge is 2.36. The molecule has 2 fully saturated rings. The number of hydrogen-bond acceptors (Lipinski definition) is 7. The summed E-state index contributed by atoms with van der Waals surface area (Å²) in [5, 5.41) is 6.82. The lowest BCUT2D eigenvalue weighted by atomic mass is 9.91. The minimum atomic E-state index is -0.239. The van der Waals surface area contributed by atoms with Crippen LogP contribution in [-0.4, -0.2) is 90.6 Å². The minimum absolute atomic E-state index is 0. The fourth-order valence-corrected chi connectivity index (χ4v) is 5.12. The van der Waals surface area contributed by atoms with Crippen LogP contribution in [0.25, 0.3) is 0 Å². The Morgan fingerprint density at radius 1 is 1.18 bits per heavy atom. The van der Waals surface area contributed by atoms with Crippen LogP contribution in [-0.2, 0) is 14.9 Å². The van der Waals surface area contributed by atoms with Crippen LogP contribution >= 0.6 is 24.8 Å². The van der Waals surface area contributed by atoms with Gasteiger partial charge in [-0.1, -0.05) is 34.6 Å². The van der Waals surface area contributed by atoms with Crippen molar-refractivity contribution in [2.24, 2.45) is 11.8 Å². The van der Waals surface area contributed by atoms with Gasteiger partial charge in [0.25, 0.3) is 5.91 Å². The fraction of sp³-hybridized carbons (Fsp3) is 0.786. The van der Waals surface area contributed by atoms with E-state index in [0.29, 0.717) is 56.4 Å². The molecule has 11 heteroatoms. The largest absolute Gasteiger partial charge is 0.385 e. The van der Waals surface area contributed by atoms with Crippen molar-refractivity contribution in [1.82, 2.24) is 25.1 Å². The number of aromatic nitrogens is 2. The minimum Gasteiger partial charge on any atom is -0.385 e. The quantitative estimate of drug-likeness (QED) is 0.396. The number of ether oxygens (including phenoxy) is 1. The lowest BCUT2D eigenvalue weighted by molar-refractivity contribution is -0.137. The van der Waals surface area contributed by atoms with Crippen LogP contribution in [0.1, 0.15) is 82.9 Å². The molecule has 0 radical (unpaired) electrons. The fourth-order valence-electron chi connectivity index (χ4n) is 5.12. The monoisotopic (exact) mass is 588 g/mol. The van der Waals surface area contributed by atoms with Gasteiger partial charge in [-0.05, 0) is 38.0 Å². The van der Waals surface area contributed by atoms with E-state index in [4.69, 9.17) is 9.72 Å². The normalized spacial score (nSPS) is 19.6. The molecule has 2 amide bonds. The Morgan fingerprint density at radius 2 is 1.87 bits per heavy atom. The second-order valence-corrected chi connectivity index (χ2v) is 12.0. The zero-order valence-corrected chi connectivity index (χ0v) is 26.3. The van der Waals surface area contributed by atoms with Crippen molar-refractivity contribution in [2.45, 2.75) is 78.2 Å². The predicted octanol–water partition coefficient (Wildman–Crippen LogP) is 4.15.